The fourth-order valence-electron chi connectivity index (χ4n) is 3.72. The Hall–Kier alpha value is -3.40. The summed E-state index contributed by atoms with van der Waals surface area (Å²) in [5, 5.41) is 1.37. The van der Waals surface area contributed by atoms with Crippen LogP contribution in [0.5, 0.6) is 0 Å². The summed E-state index contributed by atoms with van der Waals surface area (Å²) in [5.74, 6) is 0.768. The average Bonchev–Trinajstić information content (AvgIpc) is 3.22. The van der Waals surface area contributed by atoms with E-state index in [1.165, 1.54) is 5.56 Å². The topological polar surface area (TPSA) is 30.7 Å². The second-order valence-corrected chi connectivity index (χ2v) is 8.41. The summed E-state index contributed by atoms with van der Waals surface area (Å²) < 4.78 is 2.16. The predicted molar refractivity (Wildman–Crippen MR) is 132 cm³/mol. The summed E-state index contributed by atoms with van der Waals surface area (Å²) in [6.07, 6.45) is 1.79. The fraction of sp³-hybridized carbons (Fsp3) is 0.0370. The number of aryl methyl sites for hydroxylation is 1. The number of pyridine rings is 1. The molecule has 0 saturated heterocycles. The van der Waals surface area contributed by atoms with Crippen LogP contribution in [0.3, 0.4) is 0 Å². The molecule has 0 saturated carbocycles. The standard InChI is InChI=1S/C27H19Cl2N3/c1-18-5-15-23(16-6-18)32-26(20-9-13-22(29)14-10-20)25(19-7-11-21(28)12-8-19)31-27(32)24-4-2-3-17-30-24/h2-17H,1H3. The van der Waals surface area contributed by atoms with Crippen molar-refractivity contribution in [2.45, 2.75) is 6.92 Å². The largest absolute Gasteiger partial charge is 0.290 e. The van der Waals surface area contributed by atoms with E-state index in [2.05, 4.69) is 40.7 Å². The first-order valence-corrected chi connectivity index (χ1v) is 11.0. The van der Waals surface area contributed by atoms with Gasteiger partial charge in [0.25, 0.3) is 0 Å². The summed E-state index contributed by atoms with van der Waals surface area (Å²) in [6, 6.07) is 29.9. The number of aromatic nitrogens is 3. The molecule has 2 heterocycles. The van der Waals surface area contributed by atoms with Crippen molar-refractivity contribution in [3.8, 4) is 39.7 Å². The maximum absolute atomic E-state index is 6.20. The van der Waals surface area contributed by atoms with Crippen LogP contribution in [-0.2, 0) is 0 Å². The van der Waals surface area contributed by atoms with Gasteiger partial charge in [-0.2, -0.15) is 0 Å². The lowest BCUT2D eigenvalue weighted by Crippen LogP contribution is -2.01. The van der Waals surface area contributed by atoms with Gasteiger partial charge in [-0.05, 0) is 55.5 Å². The lowest BCUT2D eigenvalue weighted by Gasteiger charge is -2.14. The van der Waals surface area contributed by atoms with Crippen LogP contribution in [0.15, 0.2) is 97.2 Å². The number of hydrogen-bond acceptors (Lipinski definition) is 2. The van der Waals surface area contributed by atoms with Crippen LogP contribution < -0.4 is 0 Å². The number of imidazole rings is 1. The zero-order chi connectivity index (χ0) is 22.1. The van der Waals surface area contributed by atoms with Crippen LogP contribution in [0.1, 0.15) is 5.56 Å². The third kappa shape index (κ3) is 3.93. The average molecular weight is 456 g/mol. The molecule has 0 unspecified atom stereocenters. The van der Waals surface area contributed by atoms with Gasteiger partial charge in [0.05, 0.1) is 11.4 Å². The minimum atomic E-state index is 0.685. The molecule has 0 spiro atoms. The van der Waals surface area contributed by atoms with Gasteiger partial charge in [-0.25, -0.2) is 4.98 Å². The molecule has 32 heavy (non-hydrogen) atoms. The lowest BCUT2D eigenvalue weighted by atomic mass is 10.0. The van der Waals surface area contributed by atoms with Crippen molar-refractivity contribution in [1.29, 1.82) is 0 Å². The number of benzene rings is 3. The van der Waals surface area contributed by atoms with E-state index in [4.69, 9.17) is 28.2 Å². The molecule has 5 heteroatoms. The predicted octanol–water partition coefficient (Wildman–Crippen LogP) is 7.88. The number of halogens is 2. The SMILES string of the molecule is Cc1ccc(-n2c(-c3ccccn3)nc(-c3ccc(Cl)cc3)c2-c2ccc(Cl)cc2)cc1. The highest BCUT2D eigenvalue weighted by molar-refractivity contribution is 6.31. The van der Waals surface area contributed by atoms with Gasteiger partial charge in [-0.3, -0.25) is 9.55 Å². The van der Waals surface area contributed by atoms with E-state index in [9.17, 15) is 0 Å². The molecule has 5 aromatic rings. The van der Waals surface area contributed by atoms with Crippen molar-refractivity contribution in [1.82, 2.24) is 14.5 Å². The summed E-state index contributed by atoms with van der Waals surface area (Å²) in [6.45, 7) is 2.08. The van der Waals surface area contributed by atoms with Gasteiger partial charge in [0.1, 0.15) is 5.69 Å². The van der Waals surface area contributed by atoms with Crippen molar-refractivity contribution in [2.75, 3.05) is 0 Å². The van der Waals surface area contributed by atoms with E-state index in [1.54, 1.807) is 6.20 Å². The first kappa shape index (κ1) is 20.5. The lowest BCUT2D eigenvalue weighted by molar-refractivity contribution is 1.05. The third-order valence-corrected chi connectivity index (χ3v) is 5.80. The van der Waals surface area contributed by atoms with E-state index in [-0.39, 0.29) is 0 Å². The molecule has 0 aliphatic heterocycles. The molecule has 0 aliphatic rings. The molecule has 0 amide bonds. The number of rotatable bonds is 4. The first-order chi connectivity index (χ1) is 15.6. The monoisotopic (exact) mass is 455 g/mol. The van der Waals surface area contributed by atoms with Crippen molar-refractivity contribution in [2.24, 2.45) is 0 Å². The first-order valence-electron chi connectivity index (χ1n) is 10.2. The highest BCUT2D eigenvalue weighted by atomic mass is 35.5. The molecule has 0 bridgehead atoms. The Balaban J connectivity index is 1.87. The smallest absolute Gasteiger partial charge is 0.164 e. The van der Waals surface area contributed by atoms with E-state index in [0.717, 1.165) is 39.7 Å². The van der Waals surface area contributed by atoms with Crippen molar-refractivity contribution >= 4 is 23.2 Å². The summed E-state index contributed by atoms with van der Waals surface area (Å²) in [7, 11) is 0. The molecule has 3 nitrogen and oxygen atoms in total. The minimum Gasteiger partial charge on any atom is -0.290 e. The van der Waals surface area contributed by atoms with Crippen LogP contribution in [-0.4, -0.2) is 14.5 Å². The quantitative estimate of drug-likeness (QED) is 0.275. The Morgan fingerprint density at radius 2 is 1.31 bits per heavy atom. The minimum absolute atomic E-state index is 0.685. The Labute approximate surface area is 196 Å². The Morgan fingerprint density at radius 1 is 0.688 bits per heavy atom. The van der Waals surface area contributed by atoms with Gasteiger partial charge in [0.15, 0.2) is 5.82 Å². The maximum atomic E-state index is 6.20. The molecule has 5 rings (SSSR count). The van der Waals surface area contributed by atoms with Gasteiger partial charge in [0, 0.05) is 33.1 Å². The number of hydrogen-bond donors (Lipinski definition) is 0. The summed E-state index contributed by atoms with van der Waals surface area (Å²) >= 11 is 12.4. The van der Waals surface area contributed by atoms with Crippen molar-refractivity contribution in [3.05, 3.63) is 113 Å². The Bertz CT molecular complexity index is 1360. The van der Waals surface area contributed by atoms with Crippen LogP contribution >= 0.6 is 23.2 Å². The van der Waals surface area contributed by atoms with E-state index in [0.29, 0.717) is 10.0 Å². The van der Waals surface area contributed by atoms with Crippen LogP contribution in [0.4, 0.5) is 0 Å². The second kappa shape index (κ2) is 8.62. The van der Waals surface area contributed by atoms with E-state index >= 15 is 0 Å². The Kier molecular flexibility index (Phi) is 5.52. The van der Waals surface area contributed by atoms with Gasteiger partial charge < -0.3 is 0 Å². The zero-order valence-electron chi connectivity index (χ0n) is 17.3. The molecular weight excluding hydrogens is 437 g/mol. The fourth-order valence-corrected chi connectivity index (χ4v) is 3.97. The van der Waals surface area contributed by atoms with Gasteiger partial charge in [-0.1, -0.05) is 71.2 Å². The third-order valence-electron chi connectivity index (χ3n) is 5.30. The van der Waals surface area contributed by atoms with Crippen LogP contribution in [0.25, 0.3) is 39.7 Å². The van der Waals surface area contributed by atoms with Gasteiger partial charge in [-0.15, -0.1) is 0 Å². The molecule has 0 N–H and O–H groups in total. The second-order valence-electron chi connectivity index (χ2n) is 7.53. The van der Waals surface area contributed by atoms with E-state index < -0.39 is 0 Å². The molecule has 156 valence electrons. The number of nitrogens with zero attached hydrogens (tertiary/aromatic N) is 3. The maximum Gasteiger partial charge on any atom is 0.164 e. The highest BCUT2D eigenvalue weighted by Crippen LogP contribution is 2.38. The molecule has 0 radical (unpaired) electrons. The molecular formula is C27H19Cl2N3. The van der Waals surface area contributed by atoms with Crippen LogP contribution in [0, 0.1) is 6.92 Å². The van der Waals surface area contributed by atoms with Crippen molar-refractivity contribution < 1.29 is 0 Å². The summed E-state index contributed by atoms with van der Waals surface area (Å²) in [5.41, 5.74) is 6.80. The van der Waals surface area contributed by atoms with Gasteiger partial charge in [0.2, 0.25) is 0 Å². The van der Waals surface area contributed by atoms with Crippen LogP contribution in [0.2, 0.25) is 10.0 Å². The van der Waals surface area contributed by atoms with Gasteiger partial charge >= 0.3 is 0 Å². The van der Waals surface area contributed by atoms with Crippen molar-refractivity contribution in [3.63, 3.8) is 0 Å². The normalized spacial score (nSPS) is 11.0. The highest BCUT2D eigenvalue weighted by Gasteiger charge is 2.23. The molecule has 0 aliphatic carbocycles. The van der Waals surface area contributed by atoms with E-state index in [1.807, 2.05) is 66.7 Å². The zero-order valence-corrected chi connectivity index (χ0v) is 18.8. The molecule has 2 aromatic heterocycles. The Morgan fingerprint density at radius 3 is 1.91 bits per heavy atom. The molecule has 3 aromatic carbocycles. The molecule has 0 fully saturated rings. The summed E-state index contributed by atoms with van der Waals surface area (Å²) in [4.78, 5) is 9.70. The molecule has 0 atom stereocenters.